The Labute approximate surface area is 102 Å². The number of hydrogen-bond donors (Lipinski definition) is 1. The Morgan fingerprint density at radius 3 is 2.88 bits per heavy atom. The highest BCUT2D eigenvalue weighted by atomic mass is 16.5. The van der Waals surface area contributed by atoms with Crippen LogP contribution in [0.2, 0.25) is 0 Å². The van der Waals surface area contributed by atoms with Crippen LogP contribution in [0.5, 0.6) is 5.75 Å². The molecule has 0 aliphatic carbocycles. The summed E-state index contributed by atoms with van der Waals surface area (Å²) in [5.74, 6) is 0.844. The van der Waals surface area contributed by atoms with Crippen molar-refractivity contribution in [2.45, 2.75) is 13.0 Å². The summed E-state index contributed by atoms with van der Waals surface area (Å²) < 4.78 is 11.4. The van der Waals surface area contributed by atoms with Gasteiger partial charge in [-0.25, -0.2) is 0 Å². The zero-order chi connectivity index (χ0) is 12.1. The minimum Gasteiger partial charge on any atom is -0.491 e. The maximum absolute atomic E-state index is 5.69. The Balaban J connectivity index is 1.79. The van der Waals surface area contributed by atoms with Gasteiger partial charge >= 0.3 is 0 Å². The largest absolute Gasteiger partial charge is 0.491 e. The normalized spacial score (nSPS) is 21.4. The number of likely N-dealkylation sites (N-methyl/N-ethyl adjacent to an activating group) is 1. The first kappa shape index (κ1) is 12.2. The quantitative estimate of drug-likeness (QED) is 0.802. The van der Waals surface area contributed by atoms with Gasteiger partial charge in [-0.3, -0.25) is 4.90 Å². The van der Waals surface area contributed by atoms with Crippen LogP contribution in [-0.2, 0) is 4.74 Å². The molecule has 1 aliphatic rings. The molecule has 17 heavy (non-hydrogen) atoms. The summed E-state index contributed by atoms with van der Waals surface area (Å²) in [5, 5.41) is 0. The maximum Gasteiger partial charge on any atom is 0.119 e. The number of ether oxygens (including phenoxy) is 2. The van der Waals surface area contributed by atoms with Crippen molar-refractivity contribution in [3.63, 3.8) is 0 Å². The van der Waals surface area contributed by atoms with Gasteiger partial charge in [0.2, 0.25) is 0 Å². The second kappa shape index (κ2) is 5.89. The van der Waals surface area contributed by atoms with Crippen molar-refractivity contribution >= 4 is 5.69 Å². The smallest absolute Gasteiger partial charge is 0.119 e. The third-order valence-electron chi connectivity index (χ3n) is 2.99. The molecule has 0 spiro atoms. The highest BCUT2D eigenvalue weighted by Crippen LogP contribution is 2.14. The van der Waals surface area contributed by atoms with Crippen LogP contribution in [0.15, 0.2) is 24.3 Å². The first-order valence-corrected chi connectivity index (χ1v) is 6.10. The van der Waals surface area contributed by atoms with Crippen molar-refractivity contribution in [1.82, 2.24) is 4.90 Å². The monoisotopic (exact) mass is 236 g/mol. The Kier molecular flexibility index (Phi) is 4.23. The molecular formula is C13H20N2O2. The van der Waals surface area contributed by atoms with E-state index in [1.807, 2.05) is 24.3 Å². The van der Waals surface area contributed by atoms with Gasteiger partial charge in [0.05, 0.1) is 6.61 Å². The van der Waals surface area contributed by atoms with Gasteiger partial charge in [-0.2, -0.15) is 0 Å². The van der Waals surface area contributed by atoms with E-state index >= 15 is 0 Å². The van der Waals surface area contributed by atoms with Crippen molar-refractivity contribution in [2.24, 2.45) is 0 Å². The predicted octanol–water partition coefficient (Wildman–Crippen LogP) is 1.37. The second-order valence-electron chi connectivity index (χ2n) is 4.27. The Hall–Kier alpha value is -1.26. The molecule has 1 aromatic carbocycles. The van der Waals surface area contributed by atoms with E-state index in [0.29, 0.717) is 6.61 Å². The minimum atomic E-state index is 0.168. The average molecular weight is 236 g/mol. The lowest BCUT2D eigenvalue weighted by atomic mass is 10.3. The van der Waals surface area contributed by atoms with Gasteiger partial charge in [0.1, 0.15) is 18.5 Å². The van der Waals surface area contributed by atoms with Gasteiger partial charge in [0.15, 0.2) is 0 Å². The number of anilines is 1. The molecule has 2 rings (SSSR count). The van der Waals surface area contributed by atoms with Gasteiger partial charge < -0.3 is 15.2 Å². The molecule has 1 unspecified atom stereocenters. The Morgan fingerprint density at radius 1 is 1.41 bits per heavy atom. The SMILES string of the molecule is CCN1CCOC(COc2ccc(N)cc2)C1. The number of rotatable bonds is 4. The molecule has 1 atom stereocenters. The number of nitrogens with zero attached hydrogens (tertiary/aromatic N) is 1. The van der Waals surface area contributed by atoms with Gasteiger partial charge in [0.25, 0.3) is 0 Å². The van der Waals surface area contributed by atoms with Crippen LogP contribution in [0.1, 0.15) is 6.92 Å². The predicted molar refractivity (Wildman–Crippen MR) is 68.2 cm³/mol. The van der Waals surface area contributed by atoms with Crippen molar-refractivity contribution in [1.29, 1.82) is 0 Å². The molecule has 94 valence electrons. The number of nitrogens with two attached hydrogens (primary N) is 1. The van der Waals surface area contributed by atoms with Crippen LogP contribution >= 0.6 is 0 Å². The van der Waals surface area contributed by atoms with Crippen molar-refractivity contribution < 1.29 is 9.47 Å². The summed E-state index contributed by atoms with van der Waals surface area (Å²) in [6, 6.07) is 7.45. The van der Waals surface area contributed by atoms with Crippen molar-refractivity contribution in [3.05, 3.63) is 24.3 Å². The van der Waals surface area contributed by atoms with Crippen LogP contribution in [0, 0.1) is 0 Å². The zero-order valence-electron chi connectivity index (χ0n) is 10.3. The van der Waals surface area contributed by atoms with Gasteiger partial charge in [-0.05, 0) is 30.8 Å². The summed E-state index contributed by atoms with van der Waals surface area (Å²) in [7, 11) is 0. The first-order chi connectivity index (χ1) is 8.28. The van der Waals surface area contributed by atoms with E-state index in [0.717, 1.165) is 37.7 Å². The fourth-order valence-corrected chi connectivity index (χ4v) is 1.92. The molecule has 1 fully saturated rings. The number of benzene rings is 1. The van der Waals surface area contributed by atoms with E-state index in [4.69, 9.17) is 15.2 Å². The third-order valence-corrected chi connectivity index (χ3v) is 2.99. The molecule has 0 bridgehead atoms. The Morgan fingerprint density at radius 2 is 2.18 bits per heavy atom. The molecule has 0 radical (unpaired) electrons. The summed E-state index contributed by atoms with van der Waals surface area (Å²) in [5.41, 5.74) is 6.37. The van der Waals surface area contributed by atoms with E-state index in [1.54, 1.807) is 0 Å². The standard InChI is InChI=1S/C13H20N2O2/c1-2-15-7-8-16-13(9-15)10-17-12-5-3-11(14)4-6-12/h3-6,13H,2,7-10,14H2,1H3. The molecule has 4 heteroatoms. The van der Waals surface area contributed by atoms with Gasteiger partial charge in [-0.15, -0.1) is 0 Å². The van der Waals surface area contributed by atoms with E-state index in [1.165, 1.54) is 0 Å². The summed E-state index contributed by atoms with van der Waals surface area (Å²) >= 11 is 0. The molecule has 1 aromatic rings. The fourth-order valence-electron chi connectivity index (χ4n) is 1.92. The van der Waals surface area contributed by atoms with Crippen molar-refractivity contribution in [2.75, 3.05) is 38.6 Å². The van der Waals surface area contributed by atoms with Crippen LogP contribution in [0.25, 0.3) is 0 Å². The lowest BCUT2D eigenvalue weighted by Gasteiger charge is -2.31. The first-order valence-electron chi connectivity index (χ1n) is 6.10. The molecular weight excluding hydrogens is 216 g/mol. The highest BCUT2D eigenvalue weighted by molar-refractivity contribution is 5.41. The van der Waals surface area contributed by atoms with Crippen molar-refractivity contribution in [3.8, 4) is 5.75 Å². The maximum atomic E-state index is 5.69. The van der Waals surface area contributed by atoms with Crippen LogP contribution in [0.4, 0.5) is 5.69 Å². The lowest BCUT2D eigenvalue weighted by molar-refractivity contribution is -0.0464. The summed E-state index contributed by atoms with van der Waals surface area (Å²) in [4.78, 5) is 2.38. The number of morpholine rings is 1. The third kappa shape index (κ3) is 3.61. The van der Waals surface area contributed by atoms with E-state index < -0.39 is 0 Å². The molecule has 0 amide bonds. The van der Waals surface area contributed by atoms with Gasteiger partial charge in [0, 0.05) is 18.8 Å². The molecule has 0 saturated carbocycles. The highest BCUT2D eigenvalue weighted by Gasteiger charge is 2.19. The van der Waals surface area contributed by atoms with E-state index in [9.17, 15) is 0 Å². The zero-order valence-corrected chi connectivity index (χ0v) is 10.3. The van der Waals surface area contributed by atoms with Crippen LogP contribution in [0.3, 0.4) is 0 Å². The molecule has 4 nitrogen and oxygen atoms in total. The summed E-state index contributed by atoms with van der Waals surface area (Å²) in [6.07, 6.45) is 0.168. The molecule has 1 heterocycles. The van der Waals surface area contributed by atoms with Crippen LogP contribution in [-0.4, -0.2) is 43.9 Å². The number of nitrogen functional groups attached to an aromatic ring is 1. The number of hydrogen-bond acceptors (Lipinski definition) is 4. The fraction of sp³-hybridized carbons (Fsp3) is 0.538. The van der Waals surface area contributed by atoms with E-state index in [2.05, 4.69) is 11.8 Å². The molecule has 2 N–H and O–H groups in total. The Bertz CT molecular complexity index is 340. The summed E-state index contributed by atoms with van der Waals surface area (Å²) in [6.45, 7) is 6.61. The topological polar surface area (TPSA) is 47.7 Å². The minimum absolute atomic E-state index is 0.168. The average Bonchev–Trinajstić information content (AvgIpc) is 2.38. The van der Waals surface area contributed by atoms with Gasteiger partial charge in [-0.1, -0.05) is 6.92 Å². The molecule has 0 aromatic heterocycles. The lowest BCUT2D eigenvalue weighted by Crippen LogP contribution is -2.44. The molecule has 1 saturated heterocycles. The van der Waals surface area contributed by atoms with Crippen LogP contribution < -0.4 is 10.5 Å². The second-order valence-corrected chi connectivity index (χ2v) is 4.27. The van der Waals surface area contributed by atoms with E-state index in [-0.39, 0.29) is 6.10 Å². The molecule has 1 aliphatic heterocycles.